The molecular formula is C13H17N3O4. The highest BCUT2D eigenvalue weighted by molar-refractivity contribution is 5.77. The number of nitrogens with one attached hydrogen (secondary N) is 1. The maximum atomic E-state index is 11.3. The van der Waals surface area contributed by atoms with Crippen molar-refractivity contribution in [2.45, 2.75) is 19.4 Å². The van der Waals surface area contributed by atoms with Gasteiger partial charge in [-0.15, -0.1) is 0 Å². The third-order valence-corrected chi connectivity index (χ3v) is 3.33. The van der Waals surface area contributed by atoms with E-state index < -0.39 is 11.0 Å². The Morgan fingerprint density at radius 1 is 1.45 bits per heavy atom. The summed E-state index contributed by atoms with van der Waals surface area (Å²) >= 11 is 0. The van der Waals surface area contributed by atoms with Gasteiger partial charge in [0, 0.05) is 32.1 Å². The van der Waals surface area contributed by atoms with Crippen molar-refractivity contribution in [3.05, 3.63) is 33.9 Å². The summed E-state index contributed by atoms with van der Waals surface area (Å²) in [6.45, 7) is 3.00. The van der Waals surface area contributed by atoms with Crippen molar-refractivity contribution >= 4 is 17.3 Å². The van der Waals surface area contributed by atoms with E-state index >= 15 is 0 Å². The second-order valence-corrected chi connectivity index (χ2v) is 4.77. The van der Waals surface area contributed by atoms with Gasteiger partial charge in [-0.2, -0.15) is 0 Å². The molecule has 7 nitrogen and oxygen atoms in total. The van der Waals surface area contributed by atoms with Crippen LogP contribution < -0.4 is 10.2 Å². The van der Waals surface area contributed by atoms with E-state index in [-0.39, 0.29) is 11.6 Å². The Bertz CT molecular complexity index is 530. The predicted molar refractivity (Wildman–Crippen MR) is 73.6 cm³/mol. The fourth-order valence-electron chi connectivity index (χ4n) is 2.22. The Labute approximate surface area is 116 Å². The van der Waals surface area contributed by atoms with Gasteiger partial charge in [-0.1, -0.05) is 6.07 Å². The number of rotatable bonds is 3. The number of aliphatic hydroxyl groups is 1. The van der Waals surface area contributed by atoms with Gasteiger partial charge in [-0.05, 0) is 18.6 Å². The molecule has 1 saturated heterocycles. The lowest BCUT2D eigenvalue weighted by Gasteiger charge is -2.22. The summed E-state index contributed by atoms with van der Waals surface area (Å²) in [4.78, 5) is 23.9. The quantitative estimate of drug-likeness (QED) is 0.635. The largest absolute Gasteiger partial charge is 0.389 e. The first-order chi connectivity index (χ1) is 9.49. The summed E-state index contributed by atoms with van der Waals surface area (Å²) < 4.78 is 0. The number of carbonyl (C=O) groups is 1. The maximum absolute atomic E-state index is 11.3. The molecule has 1 fully saturated rings. The summed E-state index contributed by atoms with van der Waals surface area (Å²) in [6.07, 6.45) is -0.440. The Morgan fingerprint density at radius 3 is 2.85 bits per heavy atom. The third-order valence-electron chi connectivity index (χ3n) is 3.33. The fourth-order valence-corrected chi connectivity index (χ4v) is 2.22. The van der Waals surface area contributed by atoms with Crippen LogP contribution in [0.1, 0.15) is 25.0 Å². The standard InChI is InChI=1S/C13H17N3O4/c1-9(17)10-2-3-11(12(8-10)16(19)20)15-6-4-13(18)14-5-7-15/h2-3,8-9,17H,4-7H2,1H3,(H,14,18)/t9-/m1/s1. The van der Waals surface area contributed by atoms with Gasteiger partial charge in [-0.25, -0.2) is 0 Å². The second-order valence-electron chi connectivity index (χ2n) is 4.77. The van der Waals surface area contributed by atoms with Crippen molar-refractivity contribution in [1.29, 1.82) is 0 Å². The average Bonchev–Trinajstić information content (AvgIpc) is 2.62. The topological polar surface area (TPSA) is 95.7 Å². The number of nitro benzene ring substituents is 1. The van der Waals surface area contributed by atoms with E-state index in [4.69, 9.17) is 0 Å². The minimum atomic E-state index is -0.755. The lowest BCUT2D eigenvalue weighted by atomic mass is 10.1. The first kappa shape index (κ1) is 14.3. The second kappa shape index (κ2) is 5.87. The first-order valence-electron chi connectivity index (χ1n) is 6.47. The molecule has 0 unspecified atom stereocenters. The van der Waals surface area contributed by atoms with E-state index in [9.17, 15) is 20.0 Å². The monoisotopic (exact) mass is 279 g/mol. The molecule has 0 radical (unpaired) electrons. The van der Waals surface area contributed by atoms with Crippen LogP contribution in [0.4, 0.5) is 11.4 Å². The zero-order valence-corrected chi connectivity index (χ0v) is 11.2. The molecule has 1 aliphatic rings. The van der Waals surface area contributed by atoms with Crippen LogP contribution in [0.15, 0.2) is 18.2 Å². The van der Waals surface area contributed by atoms with E-state index in [1.54, 1.807) is 19.1 Å². The first-order valence-corrected chi connectivity index (χ1v) is 6.47. The summed E-state index contributed by atoms with van der Waals surface area (Å²) in [6, 6.07) is 4.70. The summed E-state index contributed by atoms with van der Waals surface area (Å²) in [5.41, 5.74) is 0.943. The molecule has 20 heavy (non-hydrogen) atoms. The number of aliphatic hydroxyl groups excluding tert-OH is 1. The molecule has 2 rings (SSSR count). The van der Waals surface area contributed by atoms with E-state index in [0.717, 1.165) is 0 Å². The molecule has 1 aliphatic heterocycles. The Kier molecular flexibility index (Phi) is 4.19. The fraction of sp³-hybridized carbons (Fsp3) is 0.462. The molecule has 1 aromatic rings. The molecule has 0 aliphatic carbocycles. The van der Waals surface area contributed by atoms with E-state index in [1.165, 1.54) is 6.07 Å². The normalized spacial score (nSPS) is 17.3. The molecule has 2 N–H and O–H groups in total. The molecule has 1 heterocycles. The molecule has 0 aromatic heterocycles. The number of hydrogen-bond acceptors (Lipinski definition) is 5. The Hall–Kier alpha value is -2.15. The number of hydrogen-bond donors (Lipinski definition) is 2. The minimum Gasteiger partial charge on any atom is -0.389 e. The number of benzene rings is 1. The number of nitrogens with zero attached hydrogens (tertiary/aromatic N) is 2. The van der Waals surface area contributed by atoms with Crippen molar-refractivity contribution in [1.82, 2.24) is 5.32 Å². The summed E-state index contributed by atoms with van der Waals surface area (Å²) in [5.74, 6) is -0.0456. The molecule has 0 saturated carbocycles. The molecule has 0 bridgehead atoms. The highest BCUT2D eigenvalue weighted by atomic mass is 16.6. The van der Waals surface area contributed by atoms with Crippen molar-refractivity contribution in [2.75, 3.05) is 24.5 Å². The lowest BCUT2D eigenvalue weighted by Crippen LogP contribution is -2.28. The maximum Gasteiger partial charge on any atom is 0.292 e. The van der Waals surface area contributed by atoms with Crippen molar-refractivity contribution in [3.8, 4) is 0 Å². The van der Waals surface area contributed by atoms with Crippen molar-refractivity contribution in [2.24, 2.45) is 0 Å². The van der Waals surface area contributed by atoms with Gasteiger partial charge < -0.3 is 15.3 Å². The van der Waals surface area contributed by atoms with Gasteiger partial charge in [0.2, 0.25) is 5.91 Å². The van der Waals surface area contributed by atoms with Gasteiger partial charge in [0.25, 0.3) is 5.69 Å². The number of anilines is 1. The Morgan fingerprint density at radius 2 is 2.20 bits per heavy atom. The molecular weight excluding hydrogens is 262 g/mol. The van der Waals surface area contributed by atoms with Crippen LogP contribution in [0.3, 0.4) is 0 Å². The summed E-state index contributed by atoms with van der Waals surface area (Å²) in [7, 11) is 0. The SMILES string of the molecule is C[C@@H](O)c1ccc(N2CCNC(=O)CC2)c([N+](=O)[O-])c1. The zero-order valence-electron chi connectivity index (χ0n) is 11.2. The number of amides is 1. The van der Waals surface area contributed by atoms with Gasteiger partial charge >= 0.3 is 0 Å². The zero-order chi connectivity index (χ0) is 14.7. The number of nitro groups is 1. The van der Waals surface area contributed by atoms with Crippen LogP contribution in [-0.4, -0.2) is 35.6 Å². The van der Waals surface area contributed by atoms with Gasteiger partial charge in [0.1, 0.15) is 5.69 Å². The van der Waals surface area contributed by atoms with E-state index in [2.05, 4.69) is 5.32 Å². The van der Waals surface area contributed by atoms with Gasteiger partial charge in [0.05, 0.1) is 11.0 Å². The van der Waals surface area contributed by atoms with Crippen LogP contribution in [0.2, 0.25) is 0 Å². The van der Waals surface area contributed by atoms with Crippen LogP contribution in [0, 0.1) is 10.1 Å². The molecule has 108 valence electrons. The minimum absolute atomic E-state index is 0.0438. The van der Waals surface area contributed by atoms with E-state index in [1.807, 2.05) is 4.90 Å². The van der Waals surface area contributed by atoms with Gasteiger partial charge in [0.15, 0.2) is 0 Å². The van der Waals surface area contributed by atoms with E-state index in [0.29, 0.717) is 37.3 Å². The summed E-state index contributed by atoms with van der Waals surface area (Å²) in [5, 5.41) is 23.5. The lowest BCUT2D eigenvalue weighted by molar-refractivity contribution is -0.384. The highest BCUT2D eigenvalue weighted by Gasteiger charge is 2.23. The van der Waals surface area contributed by atoms with Crippen molar-refractivity contribution < 1.29 is 14.8 Å². The van der Waals surface area contributed by atoms with Crippen LogP contribution in [0.25, 0.3) is 0 Å². The van der Waals surface area contributed by atoms with Crippen LogP contribution >= 0.6 is 0 Å². The average molecular weight is 279 g/mol. The number of carbonyl (C=O) groups excluding carboxylic acids is 1. The smallest absolute Gasteiger partial charge is 0.292 e. The molecule has 7 heteroatoms. The predicted octanol–water partition coefficient (Wildman–Crippen LogP) is 0.974. The van der Waals surface area contributed by atoms with Crippen LogP contribution in [-0.2, 0) is 4.79 Å². The van der Waals surface area contributed by atoms with Gasteiger partial charge in [-0.3, -0.25) is 14.9 Å². The van der Waals surface area contributed by atoms with Crippen LogP contribution in [0.5, 0.6) is 0 Å². The highest BCUT2D eigenvalue weighted by Crippen LogP contribution is 2.31. The molecule has 1 aromatic carbocycles. The molecule has 0 spiro atoms. The van der Waals surface area contributed by atoms with Crippen molar-refractivity contribution in [3.63, 3.8) is 0 Å². The molecule has 1 atom stereocenters. The Balaban J connectivity index is 2.34. The third kappa shape index (κ3) is 3.05. The molecule has 1 amide bonds.